The Balaban J connectivity index is 1.86. The molecule has 1 aliphatic rings. The maximum atomic E-state index is 12.8. The van der Waals surface area contributed by atoms with Crippen molar-refractivity contribution in [3.05, 3.63) is 53.1 Å². The minimum absolute atomic E-state index is 0.0314. The van der Waals surface area contributed by atoms with Crippen LogP contribution in [0.1, 0.15) is 37.0 Å². The van der Waals surface area contributed by atoms with E-state index in [4.69, 9.17) is 11.6 Å². The molecule has 160 valence electrons. The molecule has 0 saturated carbocycles. The molecule has 7 nitrogen and oxygen atoms in total. The van der Waals surface area contributed by atoms with E-state index in [0.29, 0.717) is 42.5 Å². The predicted octanol–water partition coefficient (Wildman–Crippen LogP) is 3.75. The lowest BCUT2D eigenvalue weighted by Gasteiger charge is -2.19. The van der Waals surface area contributed by atoms with Crippen molar-refractivity contribution in [3.8, 4) is 0 Å². The SMILES string of the molecule is CCN(CC)S(=O)(=O)c1cccc(C(=O)Nc2cc(N3CCCC3=O)ccc2Cl)c1. The third-order valence-electron chi connectivity index (χ3n) is 5.02. The van der Waals surface area contributed by atoms with Gasteiger partial charge in [-0.05, 0) is 42.8 Å². The van der Waals surface area contributed by atoms with E-state index in [0.717, 1.165) is 6.42 Å². The molecule has 0 atom stereocenters. The van der Waals surface area contributed by atoms with Gasteiger partial charge in [-0.1, -0.05) is 31.5 Å². The summed E-state index contributed by atoms with van der Waals surface area (Å²) in [6.45, 7) is 4.83. The highest BCUT2D eigenvalue weighted by atomic mass is 35.5. The van der Waals surface area contributed by atoms with Crippen molar-refractivity contribution in [1.29, 1.82) is 0 Å². The summed E-state index contributed by atoms with van der Waals surface area (Å²) in [5.41, 5.74) is 1.22. The highest BCUT2D eigenvalue weighted by Gasteiger charge is 2.24. The van der Waals surface area contributed by atoms with Crippen LogP contribution in [-0.4, -0.2) is 44.2 Å². The van der Waals surface area contributed by atoms with Crippen molar-refractivity contribution in [2.75, 3.05) is 29.9 Å². The number of sulfonamides is 1. The topological polar surface area (TPSA) is 86.8 Å². The summed E-state index contributed by atoms with van der Waals surface area (Å²) in [7, 11) is -3.68. The zero-order valence-corrected chi connectivity index (χ0v) is 18.5. The summed E-state index contributed by atoms with van der Waals surface area (Å²) in [5.74, 6) is -0.456. The Hall–Kier alpha value is -2.42. The molecule has 0 radical (unpaired) electrons. The number of nitrogens with zero attached hydrogens (tertiary/aromatic N) is 2. The van der Waals surface area contributed by atoms with Crippen molar-refractivity contribution in [3.63, 3.8) is 0 Å². The van der Waals surface area contributed by atoms with Gasteiger partial charge in [0.05, 0.1) is 15.6 Å². The summed E-state index contributed by atoms with van der Waals surface area (Å²) in [6, 6.07) is 10.9. The fourth-order valence-corrected chi connectivity index (χ4v) is 5.07. The number of nitrogens with one attached hydrogen (secondary N) is 1. The molecular weight excluding hydrogens is 426 g/mol. The van der Waals surface area contributed by atoms with Gasteiger partial charge in [-0.15, -0.1) is 0 Å². The average Bonchev–Trinajstić information content (AvgIpc) is 3.16. The fraction of sp³-hybridized carbons (Fsp3) is 0.333. The minimum atomic E-state index is -3.68. The zero-order chi connectivity index (χ0) is 21.9. The van der Waals surface area contributed by atoms with Crippen LogP contribution < -0.4 is 10.2 Å². The molecule has 0 bridgehead atoms. The molecule has 3 rings (SSSR count). The van der Waals surface area contributed by atoms with E-state index in [2.05, 4.69) is 5.32 Å². The van der Waals surface area contributed by atoms with Gasteiger partial charge in [0.1, 0.15) is 0 Å². The van der Waals surface area contributed by atoms with Crippen LogP contribution >= 0.6 is 11.6 Å². The monoisotopic (exact) mass is 449 g/mol. The molecule has 2 aromatic rings. The molecule has 9 heteroatoms. The first-order chi connectivity index (χ1) is 14.3. The van der Waals surface area contributed by atoms with Crippen LogP contribution in [0.5, 0.6) is 0 Å². The Morgan fingerprint density at radius 2 is 1.90 bits per heavy atom. The molecule has 1 N–H and O–H groups in total. The highest BCUT2D eigenvalue weighted by Crippen LogP contribution is 2.30. The number of anilines is 2. The normalized spacial score (nSPS) is 14.4. The molecule has 0 unspecified atom stereocenters. The Kier molecular flexibility index (Phi) is 6.80. The van der Waals surface area contributed by atoms with Crippen LogP contribution in [0.2, 0.25) is 5.02 Å². The maximum absolute atomic E-state index is 12.8. The first-order valence-electron chi connectivity index (χ1n) is 9.79. The number of carbonyl (C=O) groups excluding carboxylic acids is 2. The summed E-state index contributed by atoms with van der Waals surface area (Å²) in [4.78, 5) is 26.5. The number of amides is 2. The Morgan fingerprint density at radius 3 is 2.53 bits per heavy atom. The quantitative estimate of drug-likeness (QED) is 0.697. The Bertz CT molecular complexity index is 1070. The Labute approximate surface area is 181 Å². The predicted molar refractivity (Wildman–Crippen MR) is 118 cm³/mol. The third-order valence-corrected chi connectivity index (χ3v) is 7.40. The number of rotatable bonds is 7. The second kappa shape index (κ2) is 9.16. The lowest BCUT2D eigenvalue weighted by atomic mass is 10.2. The standard InChI is InChI=1S/C21H24ClN3O4S/c1-3-24(4-2)30(28,29)17-8-5-7-15(13-17)21(27)23-19-14-16(10-11-18(19)22)25-12-6-9-20(25)26/h5,7-8,10-11,13-14H,3-4,6,9,12H2,1-2H3,(H,23,27). The van der Waals surface area contributed by atoms with E-state index in [1.165, 1.54) is 22.5 Å². The first-order valence-corrected chi connectivity index (χ1v) is 11.6. The van der Waals surface area contributed by atoms with Crippen molar-refractivity contribution in [2.45, 2.75) is 31.6 Å². The molecule has 2 aromatic carbocycles. The van der Waals surface area contributed by atoms with Crippen LogP contribution in [0.3, 0.4) is 0 Å². The minimum Gasteiger partial charge on any atom is -0.321 e. The zero-order valence-electron chi connectivity index (χ0n) is 16.9. The van der Waals surface area contributed by atoms with Crippen LogP contribution in [-0.2, 0) is 14.8 Å². The largest absolute Gasteiger partial charge is 0.321 e. The highest BCUT2D eigenvalue weighted by molar-refractivity contribution is 7.89. The fourth-order valence-electron chi connectivity index (χ4n) is 3.40. The van der Waals surface area contributed by atoms with Crippen molar-refractivity contribution in [2.24, 2.45) is 0 Å². The molecule has 2 amide bonds. The number of hydrogen-bond acceptors (Lipinski definition) is 4. The van der Waals surface area contributed by atoms with E-state index in [1.807, 2.05) is 0 Å². The first kappa shape index (κ1) is 22.3. The van der Waals surface area contributed by atoms with Crippen molar-refractivity contribution in [1.82, 2.24) is 4.31 Å². The van der Waals surface area contributed by atoms with Gasteiger partial charge < -0.3 is 10.2 Å². The van der Waals surface area contributed by atoms with Gasteiger partial charge in [0.25, 0.3) is 5.91 Å². The molecule has 1 aliphatic heterocycles. The van der Waals surface area contributed by atoms with Crippen molar-refractivity contribution >= 4 is 44.8 Å². The van der Waals surface area contributed by atoms with Gasteiger partial charge >= 0.3 is 0 Å². The maximum Gasteiger partial charge on any atom is 0.255 e. The van der Waals surface area contributed by atoms with Crippen LogP contribution in [0.15, 0.2) is 47.4 Å². The number of carbonyl (C=O) groups is 2. The number of halogens is 1. The number of hydrogen-bond donors (Lipinski definition) is 1. The van der Waals surface area contributed by atoms with E-state index in [9.17, 15) is 18.0 Å². The van der Waals surface area contributed by atoms with Gasteiger partial charge in [0, 0.05) is 37.3 Å². The van der Waals surface area contributed by atoms with Crippen LogP contribution in [0.4, 0.5) is 11.4 Å². The number of benzene rings is 2. The molecule has 0 aliphatic carbocycles. The van der Waals surface area contributed by atoms with E-state index in [1.54, 1.807) is 43.0 Å². The van der Waals surface area contributed by atoms with Gasteiger partial charge in [-0.2, -0.15) is 4.31 Å². The average molecular weight is 450 g/mol. The molecule has 0 spiro atoms. The van der Waals surface area contributed by atoms with Crippen LogP contribution in [0, 0.1) is 0 Å². The molecule has 1 fully saturated rings. The second-order valence-corrected chi connectivity index (χ2v) is 9.23. The summed E-state index contributed by atoms with van der Waals surface area (Å²) < 4.78 is 26.8. The van der Waals surface area contributed by atoms with Gasteiger partial charge in [-0.25, -0.2) is 8.42 Å². The lowest BCUT2D eigenvalue weighted by Crippen LogP contribution is -2.30. The van der Waals surface area contributed by atoms with E-state index in [-0.39, 0.29) is 16.4 Å². The molecular formula is C21H24ClN3O4S. The van der Waals surface area contributed by atoms with Gasteiger partial charge in [0.15, 0.2) is 0 Å². The smallest absolute Gasteiger partial charge is 0.255 e. The van der Waals surface area contributed by atoms with E-state index >= 15 is 0 Å². The summed E-state index contributed by atoms with van der Waals surface area (Å²) in [5, 5.41) is 3.05. The van der Waals surface area contributed by atoms with Crippen LogP contribution in [0.25, 0.3) is 0 Å². The third kappa shape index (κ3) is 4.50. The van der Waals surface area contributed by atoms with Gasteiger partial charge in [-0.3, -0.25) is 9.59 Å². The second-order valence-electron chi connectivity index (χ2n) is 6.88. The van der Waals surface area contributed by atoms with Gasteiger partial charge in [0.2, 0.25) is 15.9 Å². The summed E-state index contributed by atoms with van der Waals surface area (Å²) >= 11 is 6.23. The molecule has 30 heavy (non-hydrogen) atoms. The molecule has 1 saturated heterocycles. The van der Waals surface area contributed by atoms with E-state index < -0.39 is 15.9 Å². The van der Waals surface area contributed by atoms with Crippen molar-refractivity contribution < 1.29 is 18.0 Å². The Morgan fingerprint density at radius 1 is 1.17 bits per heavy atom. The summed E-state index contributed by atoms with van der Waals surface area (Å²) in [6.07, 6.45) is 1.29. The molecule has 0 aromatic heterocycles. The molecule has 1 heterocycles. The lowest BCUT2D eigenvalue weighted by molar-refractivity contribution is -0.117.